The summed E-state index contributed by atoms with van der Waals surface area (Å²) in [5, 5.41) is 1.02. The minimum atomic E-state index is -0.316. The Bertz CT molecular complexity index is 1060. The number of oxazole rings is 1. The predicted molar refractivity (Wildman–Crippen MR) is 104 cm³/mol. The van der Waals surface area contributed by atoms with E-state index in [-0.39, 0.29) is 18.4 Å². The average molecular weight is 396 g/mol. The molecular formula is C21H17FN2O3S. The zero-order valence-electron chi connectivity index (χ0n) is 14.9. The van der Waals surface area contributed by atoms with Crippen LogP contribution in [0.25, 0.3) is 21.5 Å². The van der Waals surface area contributed by atoms with Gasteiger partial charge in [0.1, 0.15) is 5.82 Å². The molecule has 0 atom stereocenters. The number of aryl methyl sites for hydroxylation is 1. The van der Waals surface area contributed by atoms with Crippen molar-refractivity contribution in [2.75, 3.05) is 0 Å². The number of hydrogen-bond donors (Lipinski definition) is 0. The molecule has 2 aromatic carbocycles. The zero-order valence-corrected chi connectivity index (χ0v) is 15.7. The lowest BCUT2D eigenvalue weighted by molar-refractivity contribution is -0.145. The van der Waals surface area contributed by atoms with Gasteiger partial charge in [-0.05, 0) is 49.2 Å². The van der Waals surface area contributed by atoms with Gasteiger partial charge < -0.3 is 9.15 Å². The molecule has 4 rings (SSSR count). The molecule has 0 aliphatic heterocycles. The van der Waals surface area contributed by atoms with Crippen LogP contribution in [0.4, 0.5) is 4.39 Å². The van der Waals surface area contributed by atoms with Crippen molar-refractivity contribution in [1.29, 1.82) is 0 Å². The summed E-state index contributed by atoms with van der Waals surface area (Å²) in [5.74, 6) is 0.187. The van der Waals surface area contributed by atoms with Crippen LogP contribution in [0.2, 0.25) is 0 Å². The monoisotopic (exact) mass is 396 g/mol. The minimum absolute atomic E-state index is 0.0266. The largest absolute Gasteiger partial charge is 0.456 e. The van der Waals surface area contributed by atoms with E-state index in [0.717, 1.165) is 21.6 Å². The Hall–Kier alpha value is -3.06. The lowest BCUT2D eigenvalue weighted by atomic mass is 10.2. The molecule has 28 heavy (non-hydrogen) atoms. The molecule has 0 amide bonds. The molecule has 0 bridgehead atoms. The first-order valence-corrected chi connectivity index (χ1v) is 9.70. The first-order valence-electron chi connectivity index (χ1n) is 8.88. The molecule has 0 aliphatic carbocycles. The number of esters is 1. The van der Waals surface area contributed by atoms with Crippen molar-refractivity contribution >= 4 is 27.5 Å². The van der Waals surface area contributed by atoms with E-state index in [2.05, 4.69) is 9.97 Å². The molecule has 0 radical (unpaired) electrons. The van der Waals surface area contributed by atoms with Gasteiger partial charge in [-0.3, -0.25) is 4.79 Å². The summed E-state index contributed by atoms with van der Waals surface area (Å²) < 4.78 is 24.9. The number of fused-ring (bicyclic) bond motifs is 1. The first kappa shape index (κ1) is 18.3. The van der Waals surface area contributed by atoms with Gasteiger partial charge in [-0.1, -0.05) is 12.1 Å². The Labute approximate surface area is 164 Å². The van der Waals surface area contributed by atoms with Gasteiger partial charge in [-0.15, -0.1) is 11.3 Å². The quantitative estimate of drug-likeness (QED) is 0.404. The molecule has 0 aliphatic rings. The molecule has 5 nitrogen and oxygen atoms in total. The van der Waals surface area contributed by atoms with E-state index in [1.165, 1.54) is 18.3 Å². The summed E-state index contributed by atoms with van der Waals surface area (Å²) in [5.41, 5.74) is 1.70. The average Bonchev–Trinajstić information content (AvgIpc) is 3.33. The molecule has 0 fully saturated rings. The summed E-state index contributed by atoms with van der Waals surface area (Å²) in [6.07, 6.45) is 3.25. The lowest BCUT2D eigenvalue weighted by Crippen LogP contribution is -2.05. The van der Waals surface area contributed by atoms with Crippen molar-refractivity contribution in [3.63, 3.8) is 0 Å². The summed E-state index contributed by atoms with van der Waals surface area (Å²) in [6, 6.07) is 13.9. The van der Waals surface area contributed by atoms with Gasteiger partial charge in [-0.25, -0.2) is 14.4 Å². The third kappa shape index (κ3) is 4.43. The van der Waals surface area contributed by atoms with Crippen molar-refractivity contribution in [2.24, 2.45) is 0 Å². The number of thiazole rings is 1. The van der Waals surface area contributed by atoms with E-state index in [4.69, 9.17) is 9.15 Å². The predicted octanol–water partition coefficient (Wildman–Crippen LogP) is 5.16. The van der Waals surface area contributed by atoms with E-state index in [0.29, 0.717) is 30.1 Å². The van der Waals surface area contributed by atoms with Crippen LogP contribution in [0.1, 0.15) is 23.7 Å². The Balaban J connectivity index is 1.24. The number of rotatable bonds is 7. The SMILES string of the molecule is O=C(CCCc1nc2ccccc2s1)OCc1ncc(-c2ccc(F)cc2)o1. The molecule has 142 valence electrons. The third-order valence-electron chi connectivity index (χ3n) is 4.15. The summed E-state index contributed by atoms with van der Waals surface area (Å²) in [6.45, 7) is -0.0266. The van der Waals surface area contributed by atoms with Crippen LogP contribution in [0.15, 0.2) is 59.1 Å². The second-order valence-electron chi connectivity index (χ2n) is 6.21. The molecule has 0 unspecified atom stereocenters. The summed E-state index contributed by atoms with van der Waals surface area (Å²) >= 11 is 1.65. The maximum Gasteiger partial charge on any atom is 0.306 e. The Morgan fingerprint density at radius 1 is 1.14 bits per heavy atom. The number of carbonyl (C=O) groups excluding carboxylic acids is 1. The first-order chi connectivity index (χ1) is 13.7. The zero-order chi connectivity index (χ0) is 19.3. The summed E-state index contributed by atoms with van der Waals surface area (Å²) in [7, 11) is 0. The maximum atomic E-state index is 13.0. The number of carbonyl (C=O) groups is 1. The van der Waals surface area contributed by atoms with Gasteiger partial charge >= 0.3 is 5.97 Å². The van der Waals surface area contributed by atoms with Crippen LogP contribution in [0, 0.1) is 5.82 Å². The van der Waals surface area contributed by atoms with E-state index in [9.17, 15) is 9.18 Å². The van der Waals surface area contributed by atoms with Crippen molar-refractivity contribution in [3.8, 4) is 11.3 Å². The van der Waals surface area contributed by atoms with E-state index >= 15 is 0 Å². The third-order valence-corrected chi connectivity index (χ3v) is 5.24. The van der Waals surface area contributed by atoms with Crippen molar-refractivity contribution in [2.45, 2.75) is 25.9 Å². The number of benzene rings is 2. The highest BCUT2D eigenvalue weighted by Crippen LogP contribution is 2.23. The van der Waals surface area contributed by atoms with Crippen molar-refractivity contribution < 1.29 is 18.3 Å². The fraction of sp³-hybridized carbons (Fsp3) is 0.190. The second kappa shape index (κ2) is 8.31. The number of aromatic nitrogens is 2. The molecular weight excluding hydrogens is 379 g/mol. The second-order valence-corrected chi connectivity index (χ2v) is 7.33. The van der Waals surface area contributed by atoms with Crippen LogP contribution < -0.4 is 0 Å². The topological polar surface area (TPSA) is 65.2 Å². The highest BCUT2D eigenvalue weighted by molar-refractivity contribution is 7.18. The molecule has 2 heterocycles. The fourth-order valence-corrected chi connectivity index (χ4v) is 3.76. The number of para-hydroxylation sites is 1. The maximum absolute atomic E-state index is 13.0. The van der Waals surface area contributed by atoms with E-state index in [1.807, 2.05) is 24.3 Å². The Morgan fingerprint density at radius 2 is 1.96 bits per heavy atom. The standard InChI is InChI=1S/C21H17FN2O3S/c22-15-10-8-14(9-11-15)17-12-23-19(27-17)13-26-21(25)7-3-6-20-24-16-4-1-2-5-18(16)28-20/h1-2,4-5,8-12H,3,6-7,13H2. The summed E-state index contributed by atoms with van der Waals surface area (Å²) in [4.78, 5) is 20.6. The van der Waals surface area contributed by atoms with Crippen LogP contribution in [0.3, 0.4) is 0 Å². The van der Waals surface area contributed by atoms with Crippen LogP contribution >= 0.6 is 11.3 Å². The van der Waals surface area contributed by atoms with Crippen LogP contribution in [-0.2, 0) is 22.6 Å². The van der Waals surface area contributed by atoms with E-state index < -0.39 is 0 Å². The number of nitrogens with zero attached hydrogens (tertiary/aromatic N) is 2. The van der Waals surface area contributed by atoms with Gasteiger partial charge in [0.15, 0.2) is 12.4 Å². The molecule has 2 aromatic heterocycles. The fourth-order valence-electron chi connectivity index (χ4n) is 2.75. The normalized spacial score (nSPS) is 11.0. The number of hydrogen-bond acceptors (Lipinski definition) is 6. The number of halogens is 1. The number of ether oxygens (including phenoxy) is 1. The van der Waals surface area contributed by atoms with Crippen LogP contribution in [-0.4, -0.2) is 15.9 Å². The van der Waals surface area contributed by atoms with Crippen molar-refractivity contribution in [3.05, 3.63) is 71.4 Å². The molecule has 0 saturated carbocycles. The highest BCUT2D eigenvalue weighted by Gasteiger charge is 2.10. The minimum Gasteiger partial charge on any atom is -0.456 e. The van der Waals surface area contributed by atoms with E-state index in [1.54, 1.807) is 23.5 Å². The molecule has 4 aromatic rings. The lowest BCUT2D eigenvalue weighted by Gasteiger charge is -2.01. The van der Waals surface area contributed by atoms with Gasteiger partial charge in [0.2, 0.25) is 5.89 Å². The molecule has 0 spiro atoms. The van der Waals surface area contributed by atoms with Gasteiger partial charge in [-0.2, -0.15) is 0 Å². The smallest absolute Gasteiger partial charge is 0.306 e. The molecule has 0 saturated heterocycles. The van der Waals surface area contributed by atoms with Crippen LogP contribution in [0.5, 0.6) is 0 Å². The van der Waals surface area contributed by atoms with Gasteiger partial charge in [0, 0.05) is 12.0 Å². The van der Waals surface area contributed by atoms with Gasteiger partial charge in [0.25, 0.3) is 0 Å². The molecule has 0 N–H and O–H groups in total. The van der Waals surface area contributed by atoms with Gasteiger partial charge in [0.05, 0.1) is 21.4 Å². The molecule has 7 heteroatoms. The Morgan fingerprint density at radius 3 is 2.79 bits per heavy atom. The van der Waals surface area contributed by atoms with Crippen molar-refractivity contribution in [1.82, 2.24) is 9.97 Å². The highest BCUT2D eigenvalue weighted by atomic mass is 32.1. The Kier molecular flexibility index (Phi) is 5.43.